The molecule has 1 aromatic carbocycles. The molecule has 0 aliphatic heterocycles. The summed E-state index contributed by atoms with van der Waals surface area (Å²) in [5.41, 5.74) is 2.91. The van der Waals surface area contributed by atoms with E-state index in [1.807, 2.05) is 0 Å². The molecule has 0 saturated carbocycles. The molecule has 2 heteroatoms. The molecule has 2 nitrogen and oxygen atoms in total. The van der Waals surface area contributed by atoms with E-state index < -0.39 is 0 Å². The quantitative estimate of drug-likeness (QED) is 0.797. The second kappa shape index (κ2) is 6.79. The Labute approximate surface area is 112 Å². The third-order valence-electron chi connectivity index (χ3n) is 3.71. The van der Waals surface area contributed by atoms with Crippen LogP contribution < -0.4 is 10.1 Å². The molecule has 1 atom stereocenters. The first-order valence-corrected chi connectivity index (χ1v) is 6.89. The molecule has 1 aromatic rings. The van der Waals surface area contributed by atoms with Gasteiger partial charge in [0.25, 0.3) is 0 Å². The van der Waals surface area contributed by atoms with Gasteiger partial charge >= 0.3 is 0 Å². The number of nitrogens with one attached hydrogen (secondary N) is 1. The van der Waals surface area contributed by atoms with Gasteiger partial charge in [0.15, 0.2) is 0 Å². The standard InChI is InChI=1S/C16H27NO/c1-6-16(4,12-17-7-2)11-14-10-13(3)8-9-15(14)18-5/h8-10,17H,6-7,11-12H2,1-5H3. The number of methoxy groups -OCH3 is 1. The van der Waals surface area contributed by atoms with Gasteiger partial charge in [0.05, 0.1) is 7.11 Å². The van der Waals surface area contributed by atoms with Crippen LogP contribution in [0.2, 0.25) is 0 Å². The molecule has 0 aliphatic carbocycles. The maximum absolute atomic E-state index is 5.47. The highest BCUT2D eigenvalue weighted by molar-refractivity contribution is 5.37. The minimum Gasteiger partial charge on any atom is -0.496 e. The van der Waals surface area contributed by atoms with Gasteiger partial charge in [-0.05, 0) is 43.4 Å². The maximum atomic E-state index is 5.47. The Morgan fingerprint density at radius 1 is 1.28 bits per heavy atom. The van der Waals surface area contributed by atoms with Gasteiger partial charge in [-0.3, -0.25) is 0 Å². The van der Waals surface area contributed by atoms with E-state index in [9.17, 15) is 0 Å². The first-order chi connectivity index (χ1) is 8.54. The van der Waals surface area contributed by atoms with E-state index in [1.165, 1.54) is 11.1 Å². The van der Waals surface area contributed by atoms with Crippen molar-refractivity contribution in [1.29, 1.82) is 0 Å². The third kappa shape index (κ3) is 4.02. The molecule has 1 unspecified atom stereocenters. The molecule has 0 radical (unpaired) electrons. The Balaban J connectivity index is 2.89. The number of aryl methyl sites for hydroxylation is 1. The number of rotatable bonds is 7. The predicted molar refractivity (Wildman–Crippen MR) is 78.4 cm³/mol. The van der Waals surface area contributed by atoms with Crippen molar-refractivity contribution in [3.05, 3.63) is 29.3 Å². The van der Waals surface area contributed by atoms with E-state index in [4.69, 9.17) is 4.74 Å². The second-order valence-electron chi connectivity index (χ2n) is 5.44. The zero-order valence-corrected chi connectivity index (χ0v) is 12.5. The smallest absolute Gasteiger partial charge is 0.122 e. The Hall–Kier alpha value is -1.02. The summed E-state index contributed by atoms with van der Waals surface area (Å²) < 4.78 is 5.47. The molecule has 18 heavy (non-hydrogen) atoms. The number of hydrogen-bond donors (Lipinski definition) is 1. The Morgan fingerprint density at radius 2 is 2.00 bits per heavy atom. The van der Waals surface area contributed by atoms with Crippen molar-refractivity contribution in [2.75, 3.05) is 20.2 Å². The van der Waals surface area contributed by atoms with Gasteiger partial charge in [0.2, 0.25) is 0 Å². The fraction of sp³-hybridized carbons (Fsp3) is 0.625. The predicted octanol–water partition coefficient (Wildman–Crippen LogP) is 3.57. The van der Waals surface area contributed by atoms with Crippen LogP contribution in [0.1, 0.15) is 38.3 Å². The van der Waals surface area contributed by atoms with Crippen molar-refractivity contribution < 1.29 is 4.74 Å². The van der Waals surface area contributed by atoms with E-state index in [2.05, 4.69) is 51.2 Å². The van der Waals surface area contributed by atoms with Crippen LogP contribution in [0.5, 0.6) is 5.75 Å². The van der Waals surface area contributed by atoms with E-state index in [0.29, 0.717) is 0 Å². The van der Waals surface area contributed by atoms with E-state index in [-0.39, 0.29) is 5.41 Å². The Bertz CT molecular complexity index is 375. The molecule has 0 fully saturated rings. The summed E-state index contributed by atoms with van der Waals surface area (Å²) in [6, 6.07) is 6.43. The minimum atomic E-state index is 0.289. The fourth-order valence-corrected chi connectivity index (χ4v) is 2.24. The summed E-state index contributed by atoms with van der Waals surface area (Å²) in [4.78, 5) is 0. The summed E-state index contributed by atoms with van der Waals surface area (Å²) in [5, 5.41) is 3.47. The number of ether oxygens (including phenoxy) is 1. The van der Waals surface area contributed by atoms with Crippen LogP contribution in [0.4, 0.5) is 0 Å². The molecule has 1 rings (SSSR count). The lowest BCUT2D eigenvalue weighted by atomic mass is 9.80. The molecule has 1 N–H and O–H groups in total. The lowest BCUT2D eigenvalue weighted by Gasteiger charge is -2.29. The Morgan fingerprint density at radius 3 is 2.56 bits per heavy atom. The van der Waals surface area contributed by atoms with Crippen LogP contribution in [0.25, 0.3) is 0 Å². The van der Waals surface area contributed by atoms with Crippen molar-refractivity contribution in [2.24, 2.45) is 5.41 Å². The van der Waals surface area contributed by atoms with Crippen LogP contribution >= 0.6 is 0 Å². The summed E-state index contributed by atoms with van der Waals surface area (Å²) in [6.45, 7) is 11.0. The van der Waals surface area contributed by atoms with Gasteiger partial charge in [-0.2, -0.15) is 0 Å². The van der Waals surface area contributed by atoms with Crippen molar-refractivity contribution in [2.45, 2.75) is 40.5 Å². The first kappa shape index (κ1) is 15.0. The minimum absolute atomic E-state index is 0.289. The average molecular weight is 249 g/mol. The van der Waals surface area contributed by atoms with Crippen LogP contribution in [0.15, 0.2) is 18.2 Å². The summed E-state index contributed by atoms with van der Waals surface area (Å²) in [5.74, 6) is 1.01. The molecular formula is C16H27NO. The van der Waals surface area contributed by atoms with Crippen molar-refractivity contribution >= 4 is 0 Å². The largest absolute Gasteiger partial charge is 0.496 e. The summed E-state index contributed by atoms with van der Waals surface area (Å²) in [7, 11) is 1.75. The molecule has 0 amide bonds. The highest BCUT2D eigenvalue weighted by Gasteiger charge is 2.23. The molecule has 0 aromatic heterocycles. The van der Waals surface area contributed by atoms with Gasteiger partial charge < -0.3 is 10.1 Å². The summed E-state index contributed by atoms with van der Waals surface area (Å²) >= 11 is 0. The van der Waals surface area contributed by atoms with Crippen molar-refractivity contribution in [3.8, 4) is 5.75 Å². The third-order valence-corrected chi connectivity index (χ3v) is 3.71. The molecule has 0 heterocycles. The lowest BCUT2D eigenvalue weighted by molar-refractivity contribution is 0.288. The average Bonchev–Trinajstić information content (AvgIpc) is 2.37. The normalized spacial score (nSPS) is 14.3. The Kier molecular flexibility index (Phi) is 5.67. The van der Waals surface area contributed by atoms with Crippen molar-refractivity contribution in [1.82, 2.24) is 5.32 Å². The zero-order chi connectivity index (χ0) is 13.6. The monoisotopic (exact) mass is 249 g/mol. The SMILES string of the molecule is CCNCC(C)(CC)Cc1cc(C)ccc1OC. The fourth-order valence-electron chi connectivity index (χ4n) is 2.24. The molecule has 0 spiro atoms. The van der Waals surface area contributed by atoms with Crippen LogP contribution in [-0.2, 0) is 6.42 Å². The van der Waals surface area contributed by atoms with Gasteiger partial charge in [-0.1, -0.05) is 38.5 Å². The molecule has 102 valence electrons. The van der Waals surface area contributed by atoms with Crippen molar-refractivity contribution in [3.63, 3.8) is 0 Å². The maximum Gasteiger partial charge on any atom is 0.122 e. The summed E-state index contributed by atoms with van der Waals surface area (Å²) in [6.07, 6.45) is 2.22. The first-order valence-electron chi connectivity index (χ1n) is 6.89. The highest BCUT2D eigenvalue weighted by atomic mass is 16.5. The van der Waals surface area contributed by atoms with Gasteiger partial charge in [-0.15, -0.1) is 0 Å². The lowest BCUT2D eigenvalue weighted by Crippen LogP contribution is -2.33. The van der Waals surface area contributed by atoms with E-state index in [0.717, 1.165) is 31.7 Å². The highest BCUT2D eigenvalue weighted by Crippen LogP contribution is 2.31. The molecular weight excluding hydrogens is 222 g/mol. The molecule has 0 aliphatic rings. The van der Waals surface area contributed by atoms with E-state index >= 15 is 0 Å². The molecule has 0 bridgehead atoms. The molecule has 0 saturated heterocycles. The number of benzene rings is 1. The second-order valence-corrected chi connectivity index (χ2v) is 5.44. The van der Waals surface area contributed by atoms with Crippen LogP contribution in [-0.4, -0.2) is 20.2 Å². The van der Waals surface area contributed by atoms with Gasteiger partial charge in [-0.25, -0.2) is 0 Å². The van der Waals surface area contributed by atoms with Gasteiger partial charge in [0.1, 0.15) is 5.75 Å². The zero-order valence-electron chi connectivity index (χ0n) is 12.5. The van der Waals surface area contributed by atoms with Gasteiger partial charge in [0, 0.05) is 6.54 Å². The van der Waals surface area contributed by atoms with Crippen LogP contribution in [0.3, 0.4) is 0 Å². The van der Waals surface area contributed by atoms with Crippen LogP contribution in [0, 0.1) is 12.3 Å². The van der Waals surface area contributed by atoms with E-state index in [1.54, 1.807) is 7.11 Å². The number of hydrogen-bond acceptors (Lipinski definition) is 2. The topological polar surface area (TPSA) is 21.3 Å².